The van der Waals surface area contributed by atoms with Crippen LogP contribution >= 0.6 is 0 Å². The number of pyridine rings is 1. The second-order valence-electron chi connectivity index (χ2n) is 13.0. The number of sulfonamides is 1. The van der Waals surface area contributed by atoms with Gasteiger partial charge in [-0.3, -0.25) is 18.4 Å². The molecule has 0 unspecified atom stereocenters. The lowest BCUT2D eigenvalue weighted by molar-refractivity contribution is -0.134. The molecule has 5 heterocycles. The van der Waals surface area contributed by atoms with Crippen molar-refractivity contribution in [3.63, 3.8) is 0 Å². The lowest BCUT2D eigenvalue weighted by Crippen LogP contribution is -2.55. The maximum absolute atomic E-state index is 15.2. The fourth-order valence-electron chi connectivity index (χ4n) is 6.78. The average molecular weight is 713 g/mol. The van der Waals surface area contributed by atoms with Gasteiger partial charge in [-0.05, 0) is 43.3 Å². The summed E-state index contributed by atoms with van der Waals surface area (Å²) in [5, 5.41) is 3.44. The number of anilines is 1. The predicted molar refractivity (Wildman–Crippen MR) is 190 cm³/mol. The van der Waals surface area contributed by atoms with Crippen LogP contribution in [0.4, 0.5) is 18.9 Å². The van der Waals surface area contributed by atoms with Gasteiger partial charge in [-0.15, -0.1) is 0 Å². The van der Waals surface area contributed by atoms with E-state index in [-0.39, 0.29) is 23.4 Å². The maximum Gasteiger partial charge on any atom is 0.272 e. The molecular weight excluding hydrogens is 682 g/mol. The highest BCUT2D eigenvalue weighted by molar-refractivity contribution is 7.92. The van der Waals surface area contributed by atoms with Gasteiger partial charge in [0.1, 0.15) is 28.5 Å². The summed E-state index contributed by atoms with van der Waals surface area (Å²) in [6.07, 6.45) is 1.08. The molecule has 0 radical (unpaired) electrons. The molecule has 0 bridgehead atoms. The number of furan rings is 1. The van der Waals surface area contributed by atoms with Crippen LogP contribution in [0, 0.1) is 12.7 Å². The molecule has 1 N–H and O–H groups in total. The minimum Gasteiger partial charge on any atom is -0.455 e. The Morgan fingerprint density at radius 2 is 1.75 bits per heavy atom. The van der Waals surface area contributed by atoms with Gasteiger partial charge in [-0.1, -0.05) is 35.9 Å². The van der Waals surface area contributed by atoms with Crippen LogP contribution in [-0.2, 0) is 16.6 Å². The number of aromatic nitrogens is 3. The number of carbonyl (C=O) groups is 1. The molecule has 0 atom stereocenters. The number of nitrogens with one attached hydrogen (secondary N) is 1. The maximum atomic E-state index is 15.2. The first kappa shape index (κ1) is 32.7. The number of benzene rings is 3. The Balaban J connectivity index is 1.39. The Morgan fingerprint density at radius 1 is 1.00 bits per heavy atom. The number of rotatable bonds is 7. The van der Waals surface area contributed by atoms with Crippen LogP contribution in [0.25, 0.3) is 61.0 Å². The molecule has 10 nitrogen and oxygen atoms in total. The first-order valence-electron chi connectivity index (χ1n) is 16.1. The normalized spacial score (nSPS) is 14.8. The van der Waals surface area contributed by atoms with Crippen molar-refractivity contribution >= 4 is 60.0 Å². The summed E-state index contributed by atoms with van der Waals surface area (Å²) in [6, 6.07) is 20.4. The fraction of sp³-hybridized carbons (Fsp3) is 0.216. The molecule has 0 aliphatic carbocycles. The van der Waals surface area contributed by atoms with Gasteiger partial charge in [0, 0.05) is 42.1 Å². The summed E-state index contributed by atoms with van der Waals surface area (Å²) < 4.78 is 77.7. The van der Waals surface area contributed by atoms with Gasteiger partial charge in [-0.25, -0.2) is 31.6 Å². The van der Waals surface area contributed by atoms with E-state index in [9.17, 15) is 22.0 Å². The first-order valence-corrected chi connectivity index (χ1v) is 17.9. The van der Waals surface area contributed by atoms with Crippen LogP contribution in [-0.4, -0.2) is 73.0 Å². The molecule has 51 heavy (non-hydrogen) atoms. The van der Waals surface area contributed by atoms with E-state index in [1.807, 2.05) is 31.2 Å². The van der Waals surface area contributed by atoms with Crippen LogP contribution in [0.1, 0.15) is 21.7 Å². The summed E-state index contributed by atoms with van der Waals surface area (Å²) in [7, 11) is -0.859. The van der Waals surface area contributed by atoms with Gasteiger partial charge in [-0.2, -0.15) is 0 Å². The van der Waals surface area contributed by atoms with Crippen LogP contribution in [0.5, 0.6) is 0 Å². The molecule has 260 valence electrons. The third-order valence-electron chi connectivity index (χ3n) is 9.38. The molecule has 7 aromatic rings. The van der Waals surface area contributed by atoms with E-state index in [4.69, 9.17) is 14.4 Å². The number of halogens is 3. The Labute approximate surface area is 290 Å². The highest BCUT2D eigenvalue weighted by Crippen LogP contribution is 2.42. The van der Waals surface area contributed by atoms with Crippen molar-refractivity contribution in [1.29, 1.82) is 0 Å². The molecule has 1 saturated heterocycles. The largest absolute Gasteiger partial charge is 0.455 e. The summed E-state index contributed by atoms with van der Waals surface area (Å²) in [5.41, 5.74) is 5.04. The quantitative estimate of drug-likeness (QED) is 0.194. The SMILES string of the molecule is CNC(=O)c1c(-c2ccc(C)cc2)oc2cc(N(C)S(C)(=O)=O)c(-c3ccc4nc(CN5CC(F)(F)C5)n5c6cccc(F)c6cc5c4n3)cc12. The van der Waals surface area contributed by atoms with Crippen molar-refractivity contribution in [2.45, 2.75) is 19.4 Å². The van der Waals surface area contributed by atoms with E-state index in [1.165, 1.54) is 20.2 Å². The highest BCUT2D eigenvalue weighted by Gasteiger charge is 2.44. The van der Waals surface area contributed by atoms with Crippen LogP contribution in [0.15, 0.2) is 77.2 Å². The predicted octanol–water partition coefficient (Wildman–Crippen LogP) is 6.77. The van der Waals surface area contributed by atoms with Crippen molar-refractivity contribution in [2.24, 2.45) is 0 Å². The second kappa shape index (κ2) is 11.5. The number of alkyl halides is 2. The van der Waals surface area contributed by atoms with Crippen LogP contribution in [0.2, 0.25) is 0 Å². The lowest BCUT2D eigenvalue weighted by atomic mass is 10.00. The second-order valence-corrected chi connectivity index (χ2v) is 15.0. The first-order chi connectivity index (χ1) is 24.2. The number of nitrogens with zero attached hydrogens (tertiary/aromatic N) is 5. The third-order valence-corrected chi connectivity index (χ3v) is 10.6. The molecule has 4 aromatic heterocycles. The molecule has 1 fully saturated rings. The summed E-state index contributed by atoms with van der Waals surface area (Å²) >= 11 is 0. The Morgan fingerprint density at radius 3 is 2.43 bits per heavy atom. The minimum atomic E-state index is -3.79. The van der Waals surface area contributed by atoms with E-state index in [0.29, 0.717) is 61.2 Å². The van der Waals surface area contributed by atoms with Crippen molar-refractivity contribution in [1.82, 2.24) is 24.6 Å². The number of aryl methyl sites for hydroxylation is 1. The molecule has 0 spiro atoms. The lowest BCUT2D eigenvalue weighted by Gasteiger charge is -2.38. The van der Waals surface area contributed by atoms with Crippen molar-refractivity contribution in [2.75, 3.05) is 37.7 Å². The molecule has 14 heteroatoms. The number of likely N-dealkylation sites (tertiary alicyclic amines) is 1. The molecule has 3 aromatic carbocycles. The average Bonchev–Trinajstić information content (AvgIpc) is 3.66. The molecule has 8 rings (SSSR count). The van der Waals surface area contributed by atoms with Crippen LogP contribution < -0.4 is 9.62 Å². The smallest absolute Gasteiger partial charge is 0.272 e. The van der Waals surface area contributed by atoms with Gasteiger partial charge < -0.3 is 9.73 Å². The van der Waals surface area contributed by atoms with Crippen LogP contribution in [0.3, 0.4) is 0 Å². The van der Waals surface area contributed by atoms with Crippen molar-refractivity contribution < 1.29 is 30.8 Å². The summed E-state index contributed by atoms with van der Waals surface area (Å²) in [6.45, 7) is 1.24. The highest BCUT2D eigenvalue weighted by atomic mass is 32.2. The Hall–Kier alpha value is -5.47. The van der Waals surface area contributed by atoms with Crippen molar-refractivity contribution in [3.05, 3.63) is 95.6 Å². The fourth-order valence-corrected chi connectivity index (χ4v) is 7.29. The Kier molecular flexibility index (Phi) is 7.40. The molecule has 1 aliphatic heterocycles. The minimum absolute atomic E-state index is 0.107. The van der Waals surface area contributed by atoms with E-state index < -0.39 is 40.8 Å². The number of fused-ring (bicyclic) bond motifs is 6. The van der Waals surface area contributed by atoms with Gasteiger partial charge in [0.05, 0.1) is 59.4 Å². The number of hydrogen-bond donors (Lipinski definition) is 1. The van der Waals surface area contributed by atoms with Gasteiger partial charge >= 0.3 is 0 Å². The zero-order chi connectivity index (χ0) is 36.0. The zero-order valence-electron chi connectivity index (χ0n) is 28.0. The monoisotopic (exact) mass is 712 g/mol. The zero-order valence-corrected chi connectivity index (χ0v) is 28.8. The van der Waals surface area contributed by atoms with Crippen molar-refractivity contribution in [3.8, 4) is 22.6 Å². The van der Waals surface area contributed by atoms with E-state index in [0.717, 1.165) is 16.1 Å². The molecule has 1 amide bonds. The molecular formula is C37H31F3N6O4S. The standard InChI is InChI=1S/C37H31F3N6O4S/c1-20-8-10-21(11-9-20)35-33(36(47)41-2)24-14-23(29(16-31(24)50-35)44(3)51(4,48)49)26-12-13-27-34(43-26)30-15-22-25(38)6-5-7-28(22)46(30)32(42-27)17-45-18-37(39,40)19-45/h5-16H,17-19H2,1-4H3,(H,41,47). The van der Waals surface area contributed by atoms with Gasteiger partial charge in [0.15, 0.2) is 0 Å². The number of carbonyl (C=O) groups excluding carboxylic acids is 1. The van der Waals surface area contributed by atoms with Gasteiger partial charge in [0.2, 0.25) is 10.0 Å². The van der Waals surface area contributed by atoms with E-state index in [2.05, 4.69) is 5.32 Å². The van der Waals surface area contributed by atoms with E-state index >= 15 is 4.39 Å². The Bertz CT molecular complexity index is 2680. The molecule has 1 aliphatic rings. The summed E-state index contributed by atoms with van der Waals surface area (Å²) in [4.78, 5) is 24.8. The number of hydrogen-bond acceptors (Lipinski definition) is 7. The summed E-state index contributed by atoms with van der Waals surface area (Å²) in [5.74, 6) is -2.87. The number of amides is 1. The third kappa shape index (κ3) is 5.45. The molecule has 0 saturated carbocycles. The topological polar surface area (TPSA) is 113 Å². The van der Waals surface area contributed by atoms with Gasteiger partial charge in [0.25, 0.3) is 11.8 Å². The van der Waals surface area contributed by atoms with E-state index in [1.54, 1.807) is 51.8 Å².